The third-order valence-corrected chi connectivity index (χ3v) is 5.47. The first-order chi connectivity index (χ1) is 13.6. The van der Waals surface area contributed by atoms with Crippen LogP contribution in [-0.4, -0.2) is 79.3 Å². The van der Waals surface area contributed by atoms with Crippen LogP contribution in [0.15, 0.2) is 24.4 Å². The van der Waals surface area contributed by atoms with Crippen molar-refractivity contribution >= 4 is 17.3 Å². The van der Waals surface area contributed by atoms with Crippen LogP contribution in [0.25, 0.3) is 0 Å². The number of hydrogen-bond acceptors (Lipinski definition) is 8. The molecule has 4 rings (SSSR count). The van der Waals surface area contributed by atoms with E-state index in [0.717, 1.165) is 75.5 Å². The number of anilines is 3. The molecule has 0 N–H and O–H groups in total. The van der Waals surface area contributed by atoms with E-state index < -0.39 is 0 Å². The molecular formula is C20H26N8. The number of aromatic nitrogens is 3. The summed E-state index contributed by atoms with van der Waals surface area (Å²) in [6.45, 7) is 9.67. The molecule has 8 nitrogen and oxygen atoms in total. The van der Waals surface area contributed by atoms with Crippen LogP contribution in [0.1, 0.15) is 11.5 Å². The molecule has 0 unspecified atom stereocenters. The van der Waals surface area contributed by atoms with Gasteiger partial charge in [0.2, 0.25) is 0 Å². The van der Waals surface area contributed by atoms with Gasteiger partial charge in [0.25, 0.3) is 0 Å². The molecule has 0 aromatic carbocycles. The van der Waals surface area contributed by atoms with Crippen molar-refractivity contribution in [2.75, 3.05) is 74.1 Å². The molecule has 2 aliphatic heterocycles. The summed E-state index contributed by atoms with van der Waals surface area (Å²) < 4.78 is 0. The van der Waals surface area contributed by atoms with E-state index in [4.69, 9.17) is 10.2 Å². The van der Waals surface area contributed by atoms with Gasteiger partial charge in [-0.25, -0.2) is 15.0 Å². The van der Waals surface area contributed by atoms with E-state index in [1.54, 1.807) is 6.20 Å². The Labute approximate surface area is 166 Å². The molecule has 0 amide bonds. The first kappa shape index (κ1) is 18.4. The number of hydrogen-bond donors (Lipinski definition) is 0. The zero-order chi connectivity index (χ0) is 19.5. The minimum Gasteiger partial charge on any atom is -0.368 e. The lowest BCUT2D eigenvalue weighted by Crippen LogP contribution is -2.47. The number of piperazine rings is 2. The van der Waals surface area contributed by atoms with Crippen molar-refractivity contribution < 1.29 is 0 Å². The van der Waals surface area contributed by atoms with Crippen LogP contribution in [0.4, 0.5) is 17.3 Å². The number of likely N-dealkylation sites (N-methyl/N-ethyl adjacent to an activating group) is 1. The van der Waals surface area contributed by atoms with Crippen LogP contribution < -0.4 is 14.7 Å². The molecule has 0 saturated carbocycles. The van der Waals surface area contributed by atoms with E-state index in [1.165, 1.54) is 0 Å². The van der Waals surface area contributed by atoms with Gasteiger partial charge in [0.15, 0.2) is 0 Å². The van der Waals surface area contributed by atoms with E-state index in [0.29, 0.717) is 5.69 Å². The summed E-state index contributed by atoms with van der Waals surface area (Å²) in [5, 5.41) is 9.07. The van der Waals surface area contributed by atoms with Gasteiger partial charge in [0.1, 0.15) is 29.2 Å². The predicted octanol–water partition coefficient (Wildman–Crippen LogP) is 1.13. The average Bonchev–Trinajstić information content (AvgIpc) is 2.74. The quantitative estimate of drug-likeness (QED) is 0.787. The maximum absolute atomic E-state index is 9.07. The van der Waals surface area contributed by atoms with Gasteiger partial charge in [-0.1, -0.05) is 0 Å². The number of pyridine rings is 1. The second-order valence-electron chi connectivity index (χ2n) is 7.41. The molecule has 0 bridgehead atoms. The number of rotatable bonds is 3. The Balaban J connectivity index is 1.45. The molecule has 2 aromatic rings. The minimum absolute atomic E-state index is 0.461. The van der Waals surface area contributed by atoms with Gasteiger partial charge in [0.05, 0.1) is 0 Å². The summed E-state index contributed by atoms with van der Waals surface area (Å²) in [6, 6.07) is 8.07. The number of nitriles is 1. The van der Waals surface area contributed by atoms with Gasteiger partial charge in [0, 0.05) is 70.3 Å². The Bertz CT molecular complexity index is 861. The molecule has 0 radical (unpaired) electrons. The molecular weight excluding hydrogens is 352 g/mol. The Morgan fingerprint density at radius 3 is 2.04 bits per heavy atom. The van der Waals surface area contributed by atoms with Gasteiger partial charge in [-0.05, 0) is 26.1 Å². The van der Waals surface area contributed by atoms with Crippen LogP contribution in [0, 0.1) is 18.3 Å². The minimum atomic E-state index is 0.461. The molecule has 2 aliphatic rings. The Morgan fingerprint density at radius 2 is 1.43 bits per heavy atom. The standard InChI is InChI=1S/C20H26N8/c1-16-23-19(27-7-5-25(2)6-8-27)14-20(24-16)28-11-9-26(10-12-28)18-3-4-22-17(13-18)15-21/h3-4,13-14H,5-12H2,1-2H3. The van der Waals surface area contributed by atoms with E-state index in [9.17, 15) is 0 Å². The second-order valence-corrected chi connectivity index (χ2v) is 7.41. The largest absolute Gasteiger partial charge is 0.368 e. The fourth-order valence-electron chi connectivity index (χ4n) is 3.77. The Morgan fingerprint density at radius 1 is 0.857 bits per heavy atom. The van der Waals surface area contributed by atoms with E-state index in [2.05, 4.69) is 48.8 Å². The first-order valence-electron chi connectivity index (χ1n) is 9.77. The molecule has 2 fully saturated rings. The summed E-state index contributed by atoms with van der Waals surface area (Å²) in [5.41, 5.74) is 1.52. The lowest BCUT2D eigenvalue weighted by atomic mass is 10.2. The number of nitrogens with zero attached hydrogens (tertiary/aromatic N) is 8. The van der Waals surface area contributed by atoms with Gasteiger partial charge in [-0.15, -0.1) is 0 Å². The Kier molecular flexibility index (Phi) is 5.26. The highest BCUT2D eigenvalue weighted by Gasteiger charge is 2.22. The summed E-state index contributed by atoms with van der Waals surface area (Å²) in [6.07, 6.45) is 1.70. The highest BCUT2D eigenvalue weighted by atomic mass is 15.3. The number of aryl methyl sites for hydroxylation is 1. The van der Waals surface area contributed by atoms with Crippen molar-refractivity contribution in [3.63, 3.8) is 0 Å². The lowest BCUT2D eigenvalue weighted by molar-refractivity contribution is 0.312. The second kappa shape index (κ2) is 7.98. The highest BCUT2D eigenvalue weighted by Crippen LogP contribution is 2.23. The summed E-state index contributed by atoms with van der Waals surface area (Å²) >= 11 is 0. The van der Waals surface area contributed by atoms with Crippen molar-refractivity contribution in [3.05, 3.63) is 35.9 Å². The normalized spacial score (nSPS) is 18.2. The van der Waals surface area contributed by atoms with E-state index in [1.807, 2.05) is 19.1 Å². The SMILES string of the molecule is Cc1nc(N2CCN(C)CC2)cc(N2CCN(c3ccnc(C#N)c3)CC2)n1. The van der Waals surface area contributed by atoms with Crippen molar-refractivity contribution in [3.8, 4) is 6.07 Å². The summed E-state index contributed by atoms with van der Waals surface area (Å²) in [4.78, 5) is 22.8. The third-order valence-electron chi connectivity index (χ3n) is 5.47. The predicted molar refractivity (Wildman–Crippen MR) is 110 cm³/mol. The van der Waals surface area contributed by atoms with Crippen LogP contribution in [-0.2, 0) is 0 Å². The fraction of sp³-hybridized carbons (Fsp3) is 0.500. The maximum Gasteiger partial charge on any atom is 0.142 e. The zero-order valence-electron chi connectivity index (χ0n) is 16.5. The summed E-state index contributed by atoms with van der Waals surface area (Å²) in [5.74, 6) is 2.86. The topological polar surface area (TPSA) is 75.4 Å². The molecule has 2 aromatic heterocycles. The van der Waals surface area contributed by atoms with Crippen molar-refractivity contribution in [1.29, 1.82) is 5.26 Å². The molecule has 4 heterocycles. The fourth-order valence-corrected chi connectivity index (χ4v) is 3.77. The highest BCUT2D eigenvalue weighted by molar-refractivity contribution is 5.54. The van der Waals surface area contributed by atoms with Crippen molar-refractivity contribution in [1.82, 2.24) is 19.9 Å². The van der Waals surface area contributed by atoms with Crippen LogP contribution in [0.3, 0.4) is 0 Å². The molecule has 0 atom stereocenters. The smallest absolute Gasteiger partial charge is 0.142 e. The summed E-state index contributed by atoms with van der Waals surface area (Å²) in [7, 11) is 2.16. The van der Waals surface area contributed by atoms with Crippen molar-refractivity contribution in [2.45, 2.75) is 6.92 Å². The van der Waals surface area contributed by atoms with Gasteiger partial charge in [-0.2, -0.15) is 5.26 Å². The molecule has 8 heteroatoms. The average molecular weight is 378 g/mol. The van der Waals surface area contributed by atoms with Crippen LogP contribution in [0.5, 0.6) is 0 Å². The first-order valence-corrected chi connectivity index (χ1v) is 9.77. The molecule has 146 valence electrons. The molecule has 28 heavy (non-hydrogen) atoms. The van der Waals surface area contributed by atoms with Crippen LogP contribution >= 0.6 is 0 Å². The van der Waals surface area contributed by atoms with E-state index >= 15 is 0 Å². The Hall–Kier alpha value is -2.92. The van der Waals surface area contributed by atoms with E-state index in [-0.39, 0.29) is 0 Å². The van der Waals surface area contributed by atoms with Crippen molar-refractivity contribution in [2.24, 2.45) is 0 Å². The zero-order valence-corrected chi connectivity index (χ0v) is 16.5. The molecule has 0 spiro atoms. The van der Waals surface area contributed by atoms with Gasteiger partial charge >= 0.3 is 0 Å². The molecule has 0 aliphatic carbocycles. The lowest BCUT2D eigenvalue weighted by Gasteiger charge is -2.37. The maximum atomic E-state index is 9.07. The van der Waals surface area contributed by atoms with Crippen LogP contribution in [0.2, 0.25) is 0 Å². The monoisotopic (exact) mass is 378 g/mol. The molecule has 2 saturated heterocycles. The van der Waals surface area contributed by atoms with Gasteiger partial charge in [-0.3, -0.25) is 0 Å². The third kappa shape index (κ3) is 3.99. The van der Waals surface area contributed by atoms with Gasteiger partial charge < -0.3 is 19.6 Å².